The van der Waals surface area contributed by atoms with Gasteiger partial charge in [-0.05, 0) is 62.1 Å². The SMILES string of the molecule is CCCCCCCN(CCc1cccc(OC(C)(CC)C(=O)O)c1)C(=O)Nc1ccc(Cl)cc1Cl. The number of carboxylic acids is 1. The topological polar surface area (TPSA) is 78.9 Å². The van der Waals surface area contributed by atoms with Crippen LogP contribution in [0.4, 0.5) is 10.5 Å². The largest absolute Gasteiger partial charge is 0.478 e. The summed E-state index contributed by atoms with van der Waals surface area (Å²) in [4.78, 5) is 26.5. The van der Waals surface area contributed by atoms with Gasteiger partial charge >= 0.3 is 12.0 Å². The molecular formula is C27H36Cl2N2O4. The molecule has 1 atom stereocenters. The number of aliphatic carboxylic acids is 1. The zero-order chi connectivity index (χ0) is 25.8. The lowest BCUT2D eigenvalue weighted by atomic mass is 10.0. The van der Waals surface area contributed by atoms with Crippen LogP contribution in [0.5, 0.6) is 5.75 Å². The second kappa shape index (κ2) is 14.2. The highest BCUT2D eigenvalue weighted by Crippen LogP contribution is 2.26. The normalized spacial score (nSPS) is 12.6. The molecule has 192 valence electrons. The number of unbranched alkanes of at least 4 members (excludes halogenated alkanes) is 4. The van der Waals surface area contributed by atoms with Gasteiger partial charge in [0.2, 0.25) is 5.60 Å². The standard InChI is InChI=1S/C27H36Cl2N2O4/c1-4-6-7-8-9-16-31(26(34)30-24-14-13-21(28)19-23(24)29)17-15-20-11-10-12-22(18-20)35-27(3,5-2)25(32)33/h10-14,18-19H,4-9,15-17H2,1-3H3,(H,30,34)(H,32,33). The third-order valence-corrected chi connectivity index (χ3v) is 6.58. The Morgan fingerprint density at radius 1 is 1.03 bits per heavy atom. The van der Waals surface area contributed by atoms with Crippen LogP contribution in [0.25, 0.3) is 0 Å². The van der Waals surface area contributed by atoms with E-state index < -0.39 is 11.6 Å². The number of carboxylic acid groups (broad SMARTS) is 1. The van der Waals surface area contributed by atoms with Gasteiger partial charge in [-0.15, -0.1) is 0 Å². The maximum atomic E-state index is 13.1. The second-order valence-corrected chi connectivity index (χ2v) is 9.69. The van der Waals surface area contributed by atoms with Gasteiger partial charge in [0.15, 0.2) is 0 Å². The lowest BCUT2D eigenvalue weighted by Gasteiger charge is -2.25. The minimum Gasteiger partial charge on any atom is -0.478 e. The lowest BCUT2D eigenvalue weighted by Crippen LogP contribution is -2.40. The zero-order valence-electron chi connectivity index (χ0n) is 20.8. The number of anilines is 1. The Labute approximate surface area is 218 Å². The summed E-state index contributed by atoms with van der Waals surface area (Å²) in [5, 5.41) is 13.3. The van der Waals surface area contributed by atoms with Crippen LogP contribution in [-0.4, -0.2) is 40.7 Å². The van der Waals surface area contributed by atoms with E-state index in [1.165, 1.54) is 6.42 Å². The average Bonchev–Trinajstić information content (AvgIpc) is 2.82. The molecule has 8 heteroatoms. The van der Waals surface area contributed by atoms with Crippen molar-refractivity contribution >= 4 is 40.9 Å². The maximum absolute atomic E-state index is 13.1. The highest BCUT2D eigenvalue weighted by molar-refractivity contribution is 6.36. The molecule has 0 saturated heterocycles. The van der Waals surface area contributed by atoms with Crippen LogP contribution in [0.3, 0.4) is 0 Å². The first kappa shape index (κ1) is 28.8. The van der Waals surface area contributed by atoms with Crippen molar-refractivity contribution in [2.45, 2.75) is 71.3 Å². The van der Waals surface area contributed by atoms with Gasteiger partial charge in [0.05, 0.1) is 10.7 Å². The van der Waals surface area contributed by atoms with Gasteiger partial charge in [-0.25, -0.2) is 9.59 Å². The molecule has 1 unspecified atom stereocenters. The zero-order valence-corrected chi connectivity index (χ0v) is 22.3. The summed E-state index contributed by atoms with van der Waals surface area (Å²) in [5.74, 6) is -0.505. The molecule has 0 aliphatic rings. The Morgan fingerprint density at radius 3 is 2.43 bits per heavy atom. The number of carbonyl (C=O) groups excluding carboxylic acids is 1. The third-order valence-electron chi connectivity index (χ3n) is 6.03. The number of amides is 2. The minimum absolute atomic E-state index is 0.221. The quantitative estimate of drug-likeness (QED) is 0.249. The van der Waals surface area contributed by atoms with Crippen LogP contribution in [0, 0.1) is 0 Å². The van der Waals surface area contributed by atoms with Crippen LogP contribution >= 0.6 is 23.2 Å². The van der Waals surface area contributed by atoms with E-state index in [9.17, 15) is 14.7 Å². The van der Waals surface area contributed by atoms with E-state index in [-0.39, 0.29) is 6.03 Å². The summed E-state index contributed by atoms with van der Waals surface area (Å²) in [6.07, 6.45) is 6.42. The number of hydrogen-bond donors (Lipinski definition) is 2. The Bertz CT molecular complexity index is 985. The van der Waals surface area contributed by atoms with Gasteiger partial charge in [-0.1, -0.05) is 74.9 Å². The molecule has 2 rings (SSSR count). The molecular weight excluding hydrogens is 487 g/mol. The Balaban J connectivity index is 2.08. The van der Waals surface area contributed by atoms with E-state index in [0.29, 0.717) is 47.4 Å². The Morgan fingerprint density at radius 2 is 1.77 bits per heavy atom. The van der Waals surface area contributed by atoms with Crippen LogP contribution < -0.4 is 10.1 Å². The van der Waals surface area contributed by atoms with Crippen molar-refractivity contribution in [3.63, 3.8) is 0 Å². The molecule has 0 bridgehead atoms. The van der Waals surface area contributed by atoms with Gasteiger partial charge in [0, 0.05) is 18.1 Å². The molecule has 0 aliphatic heterocycles. The van der Waals surface area contributed by atoms with Crippen molar-refractivity contribution in [3.05, 3.63) is 58.1 Å². The monoisotopic (exact) mass is 522 g/mol. The summed E-state index contributed by atoms with van der Waals surface area (Å²) in [5.41, 5.74) is 0.181. The third kappa shape index (κ3) is 9.26. The van der Waals surface area contributed by atoms with Gasteiger partial charge < -0.3 is 20.1 Å². The number of hydrogen-bond acceptors (Lipinski definition) is 3. The number of urea groups is 1. The first-order valence-corrected chi connectivity index (χ1v) is 13.0. The van der Waals surface area contributed by atoms with Gasteiger partial charge in [-0.3, -0.25) is 0 Å². The van der Waals surface area contributed by atoms with Crippen molar-refractivity contribution in [1.29, 1.82) is 0 Å². The molecule has 2 amide bonds. The van der Waals surface area contributed by atoms with Gasteiger partial charge in [-0.2, -0.15) is 0 Å². The van der Waals surface area contributed by atoms with E-state index in [1.807, 2.05) is 18.2 Å². The molecule has 0 radical (unpaired) electrons. The maximum Gasteiger partial charge on any atom is 0.347 e. The molecule has 6 nitrogen and oxygen atoms in total. The highest BCUT2D eigenvalue weighted by Gasteiger charge is 2.33. The predicted octanol–water partition coefficient (Wildman–Crippen LogP) is 7.67. The van der Waals surface area contributed by atoms with E-state index in [1.54, 1.807) is 43.0 Å². The number of carbonyl (C=O) groups is 2. The van der Waals surface area contributed by atoms with E-state index >= 15 is 0 Å². The molecule has 0 fully saturated rings. The summed E-state index contributed by atoms with van der Waals surface area (Å²) in [6, 6.07) is 12.1. The summed E-state index contributed by atoms with van der Waals surface area (Å²) in [7, 11) is 0. The smallest absolute Gasteiger partial charge is 0.347 e. The fourth-order valence-corrected chi connectivity index (χ4v) is 4.02. The molecule has 0 aromatic heterocycles. The van der Waals surface area contributed by atoms with Crippen molar-refractivity contribution in [3.8, 4) is 5.75 Å². The summed E-state index contributed by atoms with van der Waals surface area (Å²) >= 11 is 12.2. The van der Waals surface area contributed by atoms with E-state index in [0.717, 1.165) is 31.2 Å². The van der Waals surface area contributed by atoms with Crippen LogP contribution in [0.15, 0.2) is 42.5 Å². The van der Waals surface area contributed by atoms with Crippen LogP contribution in [0.2, 0.25) is 10.0 Å². The van der Waals surface area contributed by atoms with E-state index in [2.05, 4.69) is 12.2 Å². The number of benzene rings is 2. The fourth-order valence-electron chi connectivity index (χ4n) is 3.56. The molecule has 0 aliphatic carbocycles. The number of nitrogens with zero attached hydrogens (tertiary/aromatic N) is 1. The molecule has 2 N–H and O–H groups in total. The van der Waals surface area contributed by atoms with Crippen molar-refractivity contribution in [2.24, 2.45) is 0 Å². The number of nitrogens with one attached hydrogen (secondary N) is 1. The summed E-state index contributed by atoms with van der Waals surface area (Å²) < 4.78 is 5.79. The molecule has 35 heavy (non-hydrogen) atoms. The predicted molar refractivity (Wildman–Crippen MR) is 143 cm³/mol. The molecule has 0 heterocycles. The minimum atomic E-state index is -1.29. The van der Waals surface area contributed by atoms with Crippen molar-refractivity contribution < 1.29 is 19.4 Å². The average molecular weight is 524 g/mol. The van der Waals surface area contributed by atoms with E-state index in [4.69, 9.17) is 27.9 Å². The number of rotatable bonds is 14. The fraction of sp³-hybridized carbons (Fsp3) is 0.481. The van der Waals surface area contributed by atoms with Crippen molar-refractivity contribution in [1.82, 2.24) is 4.90 Å². The highest BCUT2D eigenvalue weighted by atomic mass is 35.5. The van der Waals surface area contributed by atoms with Crippen LogP contribution in [-0.2, 0) is 11.2 Å². The van der Waals surface area contributed by atoms with Crippen LogP contribution in [0.1, 0.15) is 64.9 Å². The second-order valence-electron chi connectivity index (χ2n) is 8.84. The Hall–Kier alpha value is -2.44. The number of ether oxygens (including phenoxy) is 1. The lowest BCUT2D eigenvalue weighted by molar-refractivity contribution is -0.154. The Kier molecular flexibility index (Phi) is 11.7. The first-order chi connectivity index (χ1) is 16.7. The molecule has 2 aromatic carbocycles. The first-order valence-electron chi connectivity index (χ1n) is 12.2. The summed E-state index contributed by atoms with van der Waals surface area (Å²) in [6.45, 7) is 6.64. The number of halogens is 2. The molecule has 0 spiro atoms. The van der Waals surface area contributed by atoms with Gasteiger partial charge in [0.1, 0.15) is 5.75 Å². The molecule has 0 saturated carbocycles. The van der Waals surface area contributed by atoms with Gasteiger partial charge in [0.25, 0.3) is 0 Å². The van der Waals surface area contributed by atoms with Crippen molar-refractivity contribution in [2.75, 3.05) is 18.4 Å². The molecule has 2 aromatic rings.